The summed E-state index contributed by atoms with van der Waals surface area (Å²) in [5.41, 5.74) is 3.77. The maximum absolute atomic E-state index is 5.00. The second-order valence-electron chi connectivity index (χ2n) is 6.76. The van der Waals surface area contributed by atoms with Gasteiger partial charge in [-0.25, -0.2) is 4.98 Å². The summed E-state index contributed by atoms with van der Waals surface area (Å²) in [4.78, 5) is 6.33. The lowest BCUT2D eigenvalue weighted by molar-refractivity contribution is 1.19. The Kier molecular flexibility index (Phi) is 4.27. The summed E-state index contributed by atoms with van der Waals surface area (Å²) < 4.78 is 0. The van der Waals surface area contributed by atoms with Gasteiger partial charge in [0.15, 0.2) is 0 Å². The molecule has 3 rings (SSSR count). The molecule has 3 aromatic rings. The molecule has 0 atom stereocenters. The Hall–Kier alpha value is -1.71. The van der Waals surface area contributed by atoms with Crippen LogP contribution in [-0.2, 0) is 6.04 Å². The van der Waals surface area contributed by atoms with Gasteiger partial charge in [0, 0.05) is 5.56 Å². The molecule has 0 radical (unpaired) electrons. The maximum Gasteiger partial charge on any atom is 0.124 e. The van der Waals surface area contributed by atoms with E-state index >= 15 is 0 Å². The van der Waals surface area contributed by atoms with Crippen LogP contribution in [0.3, 0.4) is 0 Å². The molecule has 112 valence electrons. The summed E-state index contributed by atoms with van der Waals surface area (Å²) in [5.74, 6) is 0. The van der Waals surface area contributed by atoms with E-state index in [-0.39, 0.29) is 0 Å². The molecule has 1 aromatic heterocycles. The van der Waals surface area contributed by atoms with Gasteiger partial charge in [0.25, 0.3) is 0 Å². The number of hydrogen-bond acceptors (Lipinski definition) is 2. The molecule has 1 heterocycles. The van der Waals surface area contributed by atoms with Crippen molar-refractivity contribution in [2.75, 3.05) is 0 Å². The molecule has 0 unspecified atom stereocenters. The third-order valence-corrected chi connectivity index (χ3v) is 6.04. The van der Waals surface area contributed by atoms with Crippen molar-refractivity contribution in [3.8, 4) is 21.0 Å². The smallest absolute Gasteiger partial charge is 0.124 e. The van der Waals surface area contributed by atoms with Gasteiger partial charge in [-0.1, -0.05) is 80.3 Å². The maximum atomic E-state index is 5.00. The number of rotatable bonds is 4. The van der Waals surface area contributed by atoms with Crippen molar-refractivity contribution in [2.24, 2.45) is 0 Å². The van der Waals surface area contributed by atoms with E-state index in [1.165, 1.54) is 21.7 Å². The molecule has 0 saturated carbocycles. The molecule has 22 heavy (non-hydrogen) atoms. The van der Waals surface area contributed by atoms with Crippen molar-refractivity contribution in [2.45, 2.75) is 25.7 Å². The van der Waals surface area contributed by atoms with Crippen molar-refractivity contribution >= 4 is 19.4 Å². The Bertz CT molecular complexity index is 742. The van der Waals surface area contributed by atoms with Crippen LogP contribution in [0, 0.1) is 0 Å². The highest BCUT2D eigenvalue weighted by molar-refractivity contribution is 7.18. The molecule has 0 aliphatic rings. The molecule has 0 saturated heterocycles. The minimum absolute atomic E-state index is 1.13. The zero-order valence-electron chi connectivity index (χ0n) is 13.3. The molecule has 0 aliphatic carbocycles. The van der Waals surface area contributed by atoms with Crippen molar-refractivity contribution < 1.29 is 0 Å². The van der Waals surface area contributed by atoms with Gasteiger partial charge < -0.3 is 0 Å². The van der Waals surface area contributed by atoms with E-state index in [0.29, 0.717) is 0 Å². The van der Waals surface area contributed by atoms with E-state index < -0.39 is 8.07 Å². The first-order chi connectivity index (χ1) is 10.5. The number of nitrogens with zero attached hydrogens (tertiary/aromatic N) is 1. The Labute approximate surface area is 137 Å². The van der Waals surface area contributed by atoms with Crippen LogP contribution in [-0.4, -0.2) is 13.1 Å². The molecular weight excluding hydrogens is 302 g/mol. The van der Waals surface area contributed by atoms with Crippen LogP contribution in [0.1, 0.15) is 5.69 Å². The average Bonchev–Trinajstić information content (AvgIpc) is 2.91. The van der Waals surface area contributed by atoms with Crippen LogP contribution in [0.2, 0.25) is 19.6 Å². The summed E-state index contributed by atoms with van der Waals surface area (Å²) in [6, 6.07) is 22.3. The van der Waals surface area contributed by atoms with E-state index in [1.54, 1.807) is 0 Å². The molecule has 0 N–H and O–H groups in total. The molecule has 0 fully saturated rings. The number of benzene rings is 2. The molecule has 2 aromatic carbocycles. The number of hydrogen-bond donors (Lipinski definition) is 0. The lowest BCUT2D eigenvalue weighted by Crippen LogP contribution is -2.24. The minimum Gasteiger partial charge on any atom is -0.241 e. The van der Waals surface area contributed by atoms with Crippen molar-refractivity contribution in [1.29, 1.82) is 0 Å². The van der Waals surface area contributed by atoms with Gasteiger partial charge in [-0.2, -0.15) is 0 Å². The first-order valence-electron chi connectivity index (χ1n) is 7.63. The number of thiazole rings is 1. The van der Waals surface area contributed by atoms with Gasteiger partial charge in [-0.05, 0) is 11.6 Å². The van der Waals surface area contributed by atoms with Crippen LogP contribution in [0.15, 0.2) is 60.7 Å². The van der Waals surface area contributed by atoms with Crippen LogP contribution in [0.25, 0.3) is 21.0 Å². The van der Waals surface area contributed by atoms with Gasteiger partial charge >= 0.3 is 0 Å². The molecule has 0 spiro atoms. The molecule has 0 aliphatic heterocycles. The highest BCUT2D eigenvalue weighted by atomic mass is 32.1. The summed E-state index contributed by atoms with van der Waals surface area (Å²) >= 11 is 1.82. The second kappa shape index (κ2) is 6.19. The summed E-state index contributed by atoms with van der Waals surface area (Å²) in [5, 5.41) is 1.13. The van der Waals surface area contributed by atoms with Gasteiger partial charge in [0.05, 0.1) is 18.6 Å². The summed E-state index contributed by atoms with van der Waals surface area (Å²) in [6.45, 7) is 7.22. The number of aromatic nitrogens is 1. The minimum atomic E-state index is -1.21. The highest BCUT2D eigenvalue weighted by Gasteiger charge is 2.21. The SMILES string of the molecule is C[Si](C)(C)Cc1nc(-c2ccccc2)sc1-c1ccccc1. The fourth-order valence-electron chi connectivity index (χ4n) is 2.49. The molecule has 1 nitrogen and oxygen atoms in total. The fourth-order valence-corrected chi connectivity index (χ4v) is 4.97. The van der Waals surface area contributed by atoms with Crippen molar-refractivity contribution in [3.05, 3.63) is 66.4 Å². The van der Waals surface area contributed by atoms with Crippen LogP contribution in [0.4, 0.5) is 0 Å². The second-order valence-corrected chi connectivity index (χ2v) is 13.2. The Morgan fingerprint density at radius 2 is 1.36 bits per heavy atom. The first-order valence-corrected chi connectivity index (χ1v) is 12.2. The lowest BCUT2D eigenvalue weighted by atomic mass is 10.2. The van der Waals surface area contributed by atoms with E-state index in [4.69, 9.17) is 4.98 Å². The van der Waals surface area contributed by atoms with E-state index in [1.807, 2.05) is 11.3 Å². The Morgan fingerprint density at radius 3 is 1.91 bits per heavy atom. The topological polar surface area (TPSA) is 12.9 Å². The van der Waals surface area contributed by atoms with Gasteiger partial charge in [-0.15, -0.1) is 11.3 Å². The molecule has 0 amide bonds. The summed E-state index contributed by atoms with van der Waals surface area (Å²) in [6.07, 6.45) is 0. The zero-order chi connectivity index (χ0) is 15.6. The normalized spacial score (nSPS) is 11.6. The van der Waals surface area contributed by atoms with Crippen LogP contribution in [0.5, 0.6) is 0 Å². The van der Waals surface area contributed by atoms with Crippen molar-refractivity contribution in [1.82, 2.24) is 4.98 Å². The van der Waals surface area contributed by atoms with Gasteiger partial charge in [0.2, 0.25) is 0 Å². The van der Waals surface area contributed by atoms with E-state index in [0.717, 1.165) is 11.1 Å². The standard InChI is InChI=1S/C19H21NSSi/c1-22(2,3)14-17-18(15-10-6-4-7-11-15)21-19(20-17)16-12-8-5-9-13-16/h4-13H,14H2,1-3H3. The highest BCUT2D eigenvalue weighted by Crippen LogP contribution is 2.36. The molecule has 0 bridgehead atoms. The van der Waals surface area contributed by atoms with E-state index in [2.05, 4.69) is 80.3 Å². The van der Waals surface area contributed by atoms with Gasteiger partial charge in [0.1, 0.15) is 5.01 Å². The molecule has 3 heteroatoms. The monoisotopic (exact) mass is 323 g/mol. The zero-order valence-corrected chi connectivity index (χ0v) is 15.2. The quantitative estimate of drug-likeness (QED) is 0.545. The average molecular weight is 324 g/mol. The van der Waals surface area contributed by atoms with Crippen LogP contribution < -0.4 is 0 Å². The fraction of sp³-hybridized carbons (Fsp3) is 0.211. The Balaban J connectivity index is 2.09. The third-order valence-electron chi connectivity index (χ3n) is 3.45. The third kappa shape index (κ3) is 3.54. The van der Waals surface area contributed by atoms with Crippen LogP contribution >= 0.6 is 11.3 Å². The van der Waals surface area contributed by atoms with Crippen molar-refractivity contribution in [3.63, 3.8) is 0 Å². The predicted octanol–water partition coefficient (Wildman–Crippen LogP) is 5.90. The van der Waals surface area contributed by atoms with E-state index in [9.17, 15) is 0 Å². The molecular formula is C19H21NSSi. The predicted molar refractivity (Wildman–Crippen MR) is 100 cm³/mol. The van der Waals surface area contributed by atoms with Gasteiger partial charge in [-0.3, -0.25) is 0 Å². The lowest BCUT2D eigenvalue weighted by Gasteiger charge is -2.14. The summed E-state index contributed by atoms with van der Waals surface area (Å²) in [7, 11) is -1.21. The largest absolute Gasteiger partial charge is 0.241 e. The Morgan fingerprint density at radius 1 is 0.818 bits per heavy atom. The first kappa shape index (κ1) is 15.2.